The van der Waals surface area contributed by atoms with Crippen LogP contribution in [0.5, 0.6) is 5.75 Å². The van der Waals surface area contributed by atoms with E-state index in [9.17, 15) is 9.59 Å². The molecule has 0 fully saturated rings. The minimum atomic E-state index is -0.632. The van der Waals surface area contributed by atoms with Crippen molar-refractivity contribution in [3.05, 3.63) is 64.1 Å². The molecular weight excluding hydrogens is 365 g/mol. The average Bonchev–Trinajstić information content (AvgIpc) is 2.60. The van der Waals surface area contributed by atoms with Crippen molar-refractivity contribution in [3.63, 3.8) is 0 Å². The number of hydrogen-bond donors (Lipinski definition) is 1. The quantitative estimate of drug-likeness (QED) is 0.712. The first-order valence-corrected chi connectivity index (χ1v) is 8.33. The number of ether oxygens (including phenoxy) is 2. The lowest BCUT2D eigenvalue weighted by atomic mass is 10.1. The molecule has 0 saturated heterocycles. The molecule has 1 amide bonds. The normalized spacial score (nSPS) is 10.2. The number of hydrogen-bond acceptors (Lipinski definition) is 4. The SMILES string of the molecule is O=C(COC(=O)COc1cccc(Cl)c1)NCCc1ccc(Cl)cc1. The van der Waals surface area contributed by atoms with Crippen molar-refractivity contribution >= 4 is 35.1 Å². The van der Waals surface area contributed by atoms with E-state index in [1.807, 2.05) is 12.1 Å². The zero-order valence-electron chi connectivity index (χ0n) is 13.3. The predicted octanol–water partition coefficient (Wildman–Crippen LogP) is 3.27. The first-order valence-electron chi connectivity index (χ1n) is 7.58. The van der Waals surface area contributed by atoms with Crippen LogP contribution in [-0.4, -0.2) is 31.6 Å². The maximum Gasteiger partial charge on any atom is 0.344 e. The monoisotopic (exact) mass is 381 g/mol. The van der Waals surface area contributed by atoms with Crippen LogP contribution in [0.2, 0.25) is 10.0 Å². The van der Waals surface area contributed by atoms with E-state index in [0.717, 1.165) is 5.56 Å². The molecular formula is C18H17Cl2NO4. The van der Waals surface area contributed by atoms with Gasteiger partial charge in [-0.25, -0.2) is 4.79 Å². The second-order valence-corrected chi connectivity index (χ2v) is 6.01. The van der Waals surface area contributed by atoms with Gasteiger partial charge in [-0.05, 0) is 42.3 Å². The summed E-state index contributed by atoms with van der Waals surface area (Å²) in [5.41, 5.74) is 1.05. The summed E-state index contributed by atoms with van der Waals surface area (Å²) in [6, 6.07) is 14.0. The number of nitrogens with one attached hydrogen (secondary N) is 1. The Balaban J connectivity index is 1.60. The molecule has 0 spiro atoms. The number of esters is 1. The fourth-order valence-corrected chi connectivity index (χ4v) is 2.24. The molecule has 5 nitrogen and oxygen atoms in total. The summed E-state index contributed by atoms with van der Waals surface area (Å²) in [7, 11) is 0. The molecule has 2 aromatic carbocycles. The van der Waals surface area contributed by atoms with Crippen molar-refractivity contribution in [1.29, 1.82) is 0 Å². The van der Waals surface area contributed by atoms with Gasteiger partial charge >= 0.3 is 5.97 Å². The van der Waals surface area contributed by atoms with Gasteiger partial charge in [0.1, 0.15) is 5.75 Å². The zero-order chi connectivity index (χ0) is 18.1. The number of rotatable bonds is 8. The molecule has 0 atom stereocenters. The Morgan fingerprint density at radius 3 is 2.44 bits per heavy atom. The van der Waals surface area contributed by atoms with Gasteiger partial charge in [0, 0.05) is 16.6 Å². The Hall–Kier alpha value is -2.24. The summed E-state index contributed by atoms with van der Waals surface area (Å²) in [6.45, 7) is -0.201. The maximum absolute atomic E-state index is 11.6. The molecule has 0 aromatic heterocycles. The Morgan fingerprint density at radius 1 is 0.960 bits per heavy atom. The molecule has 7 heteroatoms. The highest BCUT2D eigenvalue weighted by molar-refractivity contribution is 6.30. The van der Waals surface area contributed by atoms with Crippen LogP contribution in [0.1, 0.15) is 5.56 Å². The van der Waals surface area contributed by atoms with Crippen LogP contribution in [0.15, 0.2) is 48.5 Å². The smallest absolute Gasteiger partial charge is 0.344 e. The molecule has 0 aliphatic heterocycles. The minimum Gasteiger partial charge on any atom is -0.482 e. The summed E-state index contributed by atoms with van der Waals surface area (Å²) < 4.78 is 10.1. The predicted molar refractivity (Wildman–Crippen MR) is 96.1 cm³/mol. The Bertz CT molecular complexity index is 719. The van der Waals surface area contributed by atoms with Crippen LogP contribution < -0.4 is 10.1 Å². The number of halogens is 2. The van der Waals surface area contributed by atoms with E-state index in [1.165, 1.54) is 0 Å². The summed E-state index contributed by atoms with van der Waals surface area (Å²) >= 11 is 11.6. The second-order valence-electron chi connectivity index (χ2n) is 5.13. The van der Waals surface area contributed by atoms with E-state index in [-0.39, 0.29) is 19.1 Å². The summed E-state index contributed by atoms with van der Waals surface area (Å²) in [4.78, 5) is 23.2. The second kappa shape index (κ2) is 9.91. The molecule has 0 bridgehead atoms. The van der Waals surface area contributed by atoms with Crippen LogP contribution >= 0.6 is 23.2 Å². The molecule has 1 N–H and O–H groups in total. The highest BCUT2D eigenvalue weighted by atomic mass is 35.5. The molecule has 0 unspecified atom stereocenters. The van der Waals surface area contributed by atoms with Gasteiger partial charge < -0.3 is 14.8 Å². The standard InChI is InChI=1S/C18H17Cl2NO4/c19-14-6-4-13(5-7-14)8-9-21-17(22)11-25-18(23)12-24-16-3-1-2-15(20)10-16/h1-7,10H,8-9,11-12H2,(H,21,22). The van der Waals surface area contributed by atoms with Crippen molar-refractivity contribution < 1.29 is 19.1 Å². The van der Waals surface area contributed by atoms with Crippen molar-refractivity contribution in [2.75, 3.05) is 19.8 Å². The van der Waals surface area contributed by atoms with E-state index >= 15 is 0 Å². The van der Waals surface area contributed by atoms with Gasteiger partial charge in [-0.15, -0.1) is 0 Å². The Kier molecular flexibility index (Phi) is 7.57. The molecule has 0 saturated carbocycles. The number of carbonyl (C=O) groups is 2. The molecule has 132 valence electrons. The lowest BCUT2D eigenvalue weighted by Crippen LogP contribution is -2.31. The van der Waals surface area contributed by atoms with Crippen molar-refractivity contribution in [3.8, 4) is 5.75 Å². The summed E-state index contributed by atoms with van der Waals surface area (Å²) in [5, 5.41) is 3.85. The van der Waals surface area contributed by atoms with Gasteiger partial charge in [-0.1, -0.05) is 41.4 Å². The minimum absolute atomic E-state index is 0.293. The maximum atomic E-state index is 11.6. The lowest BCUT2D eigenvalue weighted by Gasteiger charge is -2.08. The number of amides is 1. The van der Waals surface area contributed by atoms with Crippen LogP contribution in [0, 0.1) is 0 Å². The molecule has 0 aliphatic rings. The van der Waals surface area contributed by atoms with Crippen molar-refractivity contribution in [2.45, 2.75) is 6.42 Å². The van der Waals surface area contributed by atoms with E-state index in [0.29, 0.717) is 28.8 Å². The fraction of sp³-hybridized carbons (Fsp3) is 0.222. The lowest BCUT2D eigenvalue weighted by molar-refractivity contribution is -0.150. The van der Waals surface area contributed by atoms with E-state index in [4.69, 9.17) is 32.7 Å². The molecule has 0 heterocycles. The third-order valence-corrected chi connectivity index (χ3v) is 3.65. The topological polar surface area (TPSA) is 64.6 Å². The van der Waals surface area contributed by atoms with Gasteiger partial charge in [0.2, 0.25) is 0 Å². The Morgan fingerprint density at radius 2 is 1.72 bits per heavy atom. The van der Waals surface area contributed by atoms with Crippen LogP contribution in [-0.2, 0) is 20.7 Å². The van der Waals surface area contributed by atoms with Gasteiger partial charge in [0.05, 0.1) is 0 Å². The average molecular weight is 382 g/mol. The van der Waals surface area contributed by atoms with E-state index in [2.05, 4.69) is 5.32 Å². The van der Waals surface area contributed by atoms with Crippen LogP contribution in [0.25, 0.3) is 0 Å². The zero-order valence-corrected chi connectivity index (χ0v) is 14.8. The summed E-state index contributed by atoms with van der Waals surface area (Å²) in [5.74, 6) is -0.547. The third-order valence-electron chi connectivity index (χ3n) is 3.17. The summed E-state index contributed by atoms with van der Waals surface area (Å²) in [6.07, 6.45) is 0.661. The van der Waals surface area contributed by atoms with Crippen LogP contribution in [0.4, 0.5) is 0 Å². The van der Waals surface area contributed by atoms with Gasteiger partial charge in [-0.2, -0.15) is 0 Å². The van der Waals surface area contributed by atoms with E-state index in [1.54, 1.807) is 36.4 Å². The highest BCUT2D eigenvalue weighted by Crippen LogP contribution is 2.16. The Labute approximate surface area is 155 Å². The number of carbonyl (C=O) groups excluding carboxylic acids is 2. The van der Waals surface area contributed by atoms with E-state index < -0.39 is 5.97 Å². The molecule has 25 heavy (non-hydrogen) atoms. The first-order chi connectivity index (χ1) is 12.0. The number of benzene rings is 2. The van der Waals surface area contributed by atoms with Crippen LogP contribution in [0.3, 0.4) is 0 Å². The van der Waals surface area contributed by atoms with Gasteiger partial charge in [0.15, 0.2) is 13.2 Å². The molecule has 0 radical (unpaired) electrons. The van der Waals surface area contributed by atoms with Gasteiger partial charge in [0.25, 0.3) is 5.91 Å². The highest BCUT2D eigenvalue weighted by Gasteiger charge is 2.08. The molecule has 0 aliphatic carbocycles. The third kappa shape index (κ3) is 7.45. The molecule has 2 rings (SSSR count). The molecule has 2 aromatic rings. The van der Waals surface area contributed by atoms with Crippen molar-refractivity contribution in [2.24, 2.45) is 0 Å². The van der Waals surface area contributed by atoms with Gasteiger partial charge in [-0.3, -0.25) is 4.79 Å². The van der Waals surface area contributed by atoms with Crippen molar-refractivity contribution in [1.82, 2.24) is 5.32 Å². The fourth-order valence-electron chi connectivity index (χ4n) is 1.94. The largest absolute Gasteiger partial charge is 0.482 e. The first kappa shape index (κ1) is 19.1.